The van der Waals surface area contributed by atoms with Crippen molar-refractivity contribution in [3.63, 3.8) is 0 Å². The minimum atomic E-state index is -0.312. The minimum absolute atomic E-state index is 0.0246. The van der Waals surface area contributed by atoms with Gasteiger partial charge in [0.2, 0.25) is 0 Å². The molecule has 9 heteroatoms. The van der Waals surface area contributed by atoms with Crippen molar-refractivity contribution in [1.29, 1.82) is 0 Å². The highest BCUT2D eigenvalue weighted by molar-refractivity contribution is 6.13. The van der Waals surface area contributed by atoms with E-state index in [1.165, 1.54) is 0 Å². The number of carbonyl (C=O) groups is 2. The monoisotopic (exact) mass is 445 g/mol. The highest BCUT2D eigenvalue weighted by Crippen LogP contribution is 2.32. The van der Waals surface area contributed by atoms with Crippen LogP contribution in [-0.2, 0) is 4.79 Å². The summed E-state index contributed by atoms with van der Waals surface area (Å²) in [5.41, 5.74) is 3.57. The number of amides is 2. The van der Waals surface area contributed by atoms with Crippen LogP contribution in [0.3, 0.4) is 0 Å². The predicted octanol–water partition coefficient (Wildman–Crippen LogP) is 4.47. The van der Waals surface area contributed by atoms with Crippen molar-refractivity contribution in [2.75, 3.05) is 17.2 Å². The first kappa shape index (κ1) is 20.7. The van der Waals surface area contributed by atoms with Crippen LogP contribution < -0.4 is 15.4 Å². The zero-order valence-corrected chi connectivity index (χ0v) is 18.7. The first-order chi connectivity index (χ1) is 15.8. The smallest absolute Gasteiger partial charge is 0.262 e. The van der Waals surface area contributed by atoms with Gasteiger partial charge in [0, 0.05) is 17.3 Å². The van der Waals surface area contributed by atoms with Gasteiger partial charge < -0.3 is 19.8 Å². The van der Waals surface area contributed by atoms with E-state index in [0.29, 0.717) is 39.4 Å². The summed E-state index contributed by atoms with van der Waals surface area (Å²) in [5, 5.41) is 10.8. The lowest BCUT2D eigenvalue weighted by atomic mass is 10.1. The molecule has 1 aromatic carbocycles. The van der Waals surface area contributed by atoms with Crippen LogP contribution in [0.25, 0.3) is 22.3 Å². The van der Waals surface area contributed by atoms with Gasteiger partial charge in [0.05, 0.1) is 28.5 Å². The van der Waals surface area contributed by atoms with E-state index in [-0.39, 0.29) is 24.5 Å². The molecule has 0 unspecified atom stereocenters. The number of pyridine rings is 1. The summed E-state index contributed by atoms with van der Waals surface area (Å²) in [6.45, 7) is 7.74. The van der Waals surface area contributed by atoms with Crippen LogP contribution in [0, 0.1) is 13.8 Å². The molecule has 0 spiro atoms. The van der Waals surface area contributed by atoms with Crippen LogP contribution in [0.15, 0.2) is 40.9 Å². The van der Waals surface area contributed by atoms with Gasteiger partial charge in [-0.3, -0.25) is 9.59 Å². The largest absolute Gasteiger partial charge is 0.482 e. The first-order valence-electron chi connectivity index (χ1n) is 10.6. The summed E-state index contributed by atoms with van der Waals surface area (Å²) >= 11 is 0. The fraction of sp³-hybridized carbons (Fsp3) is 0.250. The number of nitrogens with zero attached hydrogens (tertiary/aromatic N) is 3. The molecule has 2 N–H and O–H groups in total. The molecule has 3 aromatic heterocycles. The van der Waals surface area contributed by atoms with Crippen LogP contribution >= 0.6 is 0 Å². The van der Waals surface area contributed by atoms with Gasteiger partial charge in [-0.2, -0.15) is 5.10 Å². The van der Waals surface area contributed by atoms with Gasteiger partial charge in [-0.25, -0.2) is 9.67 Å². The Morgan fingerprint density at radius 1 is 1.21 bits per heavy atom. The second kappa shape index (κ2) is 7.77. The summed E-state index contributed by atoms with van der Waals surface area (Å²) in [7, 11) is 0. The normalized spacial score (nSPS) is 13.1. The van der Waals surface area contributed by atoms with Crippen LogP contribution in [0.1, 0.15) is 41.8 Å². The third kappa shape index (κ3) is 3.71. The number of aryl methyl sites for hydroxylation is 2. The zero-order valence-electron chi connectivity index (χ0n) is 18.7. The Kier molecular flexibility index (Phi) is 4.88. The maximum Gasteiger partial charge on any atom is 0.262 e. The van der Waals surface area contributed by atoms with E-state index in [2.05, 4.69) is 15.7 Å². The van der Waals surface area contributed by atoms with Gasteiger partial charge in [-0.15, -0.1) is 0 Å². The topological polar surface area (TPSA) is 111 Å². The van der Waals surface area contributed by atoms with Gasteiger partial charge in [0.25, 0.3) is 11.8 Å². The Morgan fingerprint density at radius 3 is 2.76 bits per heavy atom. The van der Waals surface area contributed by atoms with E-state index < -0.39 is 0 Å². The number of anilines is 2. The molecule has 0 bridgehead atoms. The van der Waals surface area contributed by atoms with E-state index in [1.807, 2.05) is 33.8 Å². The molecule has 4 heterocycles. The van der Waals surface area contributed by atoms with E-state index in [4.69, 9.17) is 14.1 Å². The second-order valence-electron chi connectivity index (χ2n) is 8.30. The highest BCUT2D eigenvalue weighted by Gasteiger charge is 2.21. The molecule has 0 atom stereocenters. The molecular weight excluding hydrogens is 422 g/mol. The SMILES string of the molecule is Cc1cc(-c2cc(C(=O)Nc3ccc4c(c3)NC(=O)CO4)c3cnn(C(C)C)c3n2)c(C)o1. The van der Waals surface area contributed by atoms with Crippen molar-refractivity contribution >= 4 is 34.2 Å². The maximum absolute atomic E-state index is 13.4. The van der Waals surface area contributed by atoms with Crippen molar-refractivity contribution in [1.82, 2.24) is 14.8 Å². The second-order valence-corrected chi connectivity index (χ2v) is 8.30. The van der Waals surface area contributed by atoms with Crippen molar-refractivity contribution in [3.05, 3.63) is 53.6 Å². The van der Waals surface area contributed by atoms with E-state index in [0.717, 1.165) is 17.1 Å². The summed E-state index contributed by atoms with van der Waals surface area (Å²) < 4.78 is 12.9. The average molecular weight is 445 g/mol. The number of fused-ring (bicyclic) bond motifs is 2. The van der Waals surface area contributed by atoms with E-state index >= 15 is 0 Å². The predicted molar refractivity (Wildman–Crippen MR) is 124 cm³/mol. The number of furan rings is 1. The van der Waals surface area contributed by atoms with E-state index in [9.17, 15) is 9.59 Å². The summed E-state index contributed by atoms with van der Waals surface area (Å²) in [6, 6.07) is 8.85. The molecule has 5 rings (SSSR count). The standard InChI is InChI=1S/C24H23N5O4/c1-12(2)29-23-18(10-25-29)17(9-19(28-23)16-7-13(3)33-14(16)4)24(31)26-15-5-6-21-20(8-15)27-22(30)11-32-21/h5-10,12H,11H2,1-4H3,(H,26,31)(H,27,30). The number of hydrogen-bond acceptors (Lipinski definition) is 6. The number of ether oxygens (including phenoxy) is 1. The number of aromatic nitrogens is 3. The quantitative estimate of drug-likeness (QED) is 0.479. The lowest BCUT2D eigenvalue weighted by Gasteiger charge is -2.18. The number of nitrogens with one attached hydrogen (secondary N) is 2. The van der Waals surface area contributed by atoms with Crippen molar-refractivity contribution in [2.45, 2.75) is 33.7 Å². The fourth-order valence-corrected chi connectivity index (χ4v) is 3.97. The van der Waals surface area contributed by atoms with Crippen molar-refractivity contribution < 1.29 is 18.7 Å². The summed E-state index contributed by atoms with van der Waals surface area (Å²) in [5.74, 6) is 1.51. The number of hydrogen-bond donors (Lipinski definition) is 2. The Balaban J connectivity index is 1.58. The molecule has 33 heavy (non-hydrogen) atoms. The fourth-order valence-electron chi connectivity index (χ4n) is 3.97. The molecular formula is C24H23N5O4. The number of carbonyl (C=O) groups excluding carboxylic acids is 2. The Morgan fingerprint density at radius 2 is 2.03 bits per heavy atom. The van der Waals surface area contributed by atoms with Crippen LogP contribution in [0.5, 0.6) is 5.75 Å². The van der Waals surface area contributed by atoms with Crippen LogP contribution in [0.2, 0.25) is 0 Å². The summed E-state index contributed by atoms with van der Waals surface area (Å²) in [6.07, 6.45) is 1.66. The van der Waals surface area contributed by atoms with E-state index in [1.54, 1.807) is 35.1 Å². The third-order valence-corrected chi connectivity index (χ3v) is 5.49. The lowest BCUT2D eigenvalue weighted by Crippen LogP contribution is -2.25. The van der Waals surface area contributed by atoms with Gasteiger partial charge in [-0.05, 0) is 58.0 Å². The molecule has 168 valence electrons. The third-order valence-electron chi connectivity index (χ3n) is 5.49. The molecule has 0 saturated heterocycles. The van der Waals surface area contributed by atoms with Gasteiger partial charge >= 0.3 is 0 Å². The molecule has 1 aliphatic rings. The lowest BCUT2D eigenvalue weighted by molar-refractivity contribution is -0.118. The first-order valence-corrected chi connectivity index (χ1v) is 10.6. The molecule has 0 radical (unpaired) electrons. The molecule has 0 aliphatic carbocycles. The molecule has 9 nitrogen and oxygen atoms in total. The minimum Gasteiger partial charge on any atom is -0.482 e. The van der Waals surface area contributed by atoms with Gasteiger partial charge in [0.1, 0.15) is 17.3 Å². The Bertz CT molecular complexity index is 1420. The molecule has 0 fully saturated rings. The number of rotatable bonds is 4. The highest BCUT2D eigenvalue weighted by atomic mass is 16.5. The van der Waals surface area contributed by atoms with Crippen LogP contribution in [-0.4, -0.2) is 33.2 Å². The Labute approximate surface area is 189 Å². The molecule has 4 aromatic rings. The maximum atomic E-state index is 13.4. The molecule has 1 aliphatic heterocycles. The van der Waals surface area contributed by atoms with Gasteiger partial charge in [-0.1, -0.05) is 0 Å². The number of benzene rings is 1. The summed E-state index contributed by atoms with van der Waals surface area (Å²) in [4.78, 5) is 29.8. The van der Waals surface area contributed by atoms with Crippen molar-refractivity contribution in [3.8, 4) is 17.0 Å². The van der Waals surface area contributed by atoms with Crippen LogP contribution in [0.4, 0.5) is 11.4 Å². The zero-order chi connectivity index (χ0) is 23.3. The van der Waals surface area contributed by atoms with Gasteiger partial charge in [0.15, 0.2) is 12.3 Å². The van der Waals surface area contributed by atoms with Crippen molar-refractivity contribution in [2.24, 2.45) is 0 Å². The Hall–Kier alpha value is -4.14. The average Bonchev–Trinajstić information content (AvgIpc) is 3.35. The molecule has 0 saturated carbocycles. The molecule has 2 amide bonds.